The second-order valence-corrected chi connectivity index (χ2v) is 6.11. The van der Waals surface area contributed by atoms with Gasteiger partial charge < -0.3 is 14.9 Å². The Morgan fingerprint density at radius 3 is 2.68 bits per heavy atom. The number of carbonyl (C=O) groups is 1. The summed E-state index contributed by atoms with van der Waals surface area (Å²) in [7, 11) is 3.43. The Labute approximate surface area is 146 Å². The smallest absolute Gasteiger partial charge is 0.311 e. The number of esters is 1. The number of carbonyl (C=O) groups excluding carboxylic acids is 1. The Kier molecular flexibility index (Phi) is 5.00. The van der Waals surface area contributed by atoms with Crippen LogP contribution in [0.25, 0.3) is 5.65 Å². The highest BCUT2D eigenvalue weighted by Crippen LogP contribution is 2.18. The predicted octanol–water partition coefficient (Wildman–Crippen LogP) is 2.26. The molecular formula is C19H22N4O2. The van der Waals surface area contributed by atoms with Crippen LogP contribution in [0.4, 0.5) is 5.69 Å². The number of imidazole rings is 1. The van der Waals surface area contributed by atoms with Gasteiger partial charge in [-0.3, -0.25) is 9.69 Å². The van der Waals surface area contributed by atoms with Crippen molar-refractivity contribution in [3.05, 3.63) is 65.6 Å². The minimum atomic E-state index is -0.302. The van der Waals surface area contributed by atoms with E-state index in [4.69, 9.17) is 10.5 Å². The average Bonchev–Trinajstić information content (AvgIpc) is 2.92. The molecule has 0 bridgehead atoms. The predicted molar refractivity (Wildman–Crippen MR) is 96.9 cm³/mol. The molecule has 0 atom stereocenters. The van der Waals surface area contributed by atoms with E-state index in [1.54, 1.807) is 0 Å². The number of pyridine rings is 1. The number of nitrogen functional groups attached to an aromatic ring is 1. The van der Waals surface area contributed by atoms with E-state index in [1.165, 1.54) is 12.7 Å². The summed E-state index contributed by atoms with van der Waals surface area (Å²) in [5, 5.41) is 0. The highest BCUT2D eigenvalue weighted by atomic mass is 16.5. The molecule has 0 amide bonds. The summed E-state index contributed by atoms with van der Waals surface area (Å²) in [6, 6.07) is 13.9. The Balaban J connectivity index is 1.90. The lowest BCUT2D eigenvalue weighted by molar-refractivity contribution is -0.139. The van der Waals surface area contributed by atoms with Crippen molar-refractivity contribution in [1.29, 1.82) is 0 Å². The quantitative estimate of drug-likeness (QED) is 0.698. The van der Waals surface area contributed by atoms with Crippen molar-refractivity contribution in [3.63, 3.8) is 0 Å². The fourth-order valence-corrected chi connectivity index (χ4v) is 2.88. The molecular weight excluding hydrogens is 316 g/mol. The molecule has 0 spiro atoms. The second-order valence-electron chi connectivity index (χ2n) is 6.11. The van der Waals surface area contributed by atoms with Crippen molar-refractivity contribution in [2.45, 2.75) is 19.5 Å². The fourth-order valence-electron chi connectivity index (χ4n) is 2.88. The lowest BCUT2D eigenvalue weighted by Crippen LogP contribution is -2.20. The second kappa shape index (κ2) is 7.36. The van der Waals surface area contributed by atoms with Crippen LogP contribution < -0.4 is 5.73 Å². The number of nitrogens with two attached hydrogens (primary N) is 1. The topological polar surface area (TPSA) is 72.9 Å². The number of anilines is 1. The molecule has 0 saturated heterocycles. The normalized spacial score (nSPS) is 11.2. The van der Waals surface area contributed by atoms with E-state index < -0.39 is 0 Å². The van der Waals surface area contributed by atoms with E-state index in [-0.39, 0.29) is 12.4 Å². The third-order valence-corrected chi connectivity index (χ3v) is 4.08. The Bertz CT molecular complexity index is 874. The molecule has 0 saturated carbocycles. The van der Waals surface area contributed by atoms with Gasteiger partial charge >= 0.3 is 5.97 Å². The van der Waals surface area contributed by atoms with Crippen molar-refractivity contribution in [3.8, 4) is 0 Å². The zero-order valence-electron chi connectivity index (χ0n) is 14.5. The monoisotopic (exact) mass is 338 g/mol. The van der Waals surface area contributed by atoms with Crippen molar-refractivity contribution < 1.29 is 9.53 Å². The summed E-state index contributed by atoms with van der Waals surface area (Å²) in [5.74, 6) is -0.302. The minimum Gasteiger partial charge on any atom is -0.469 e. The number of aromatic nitrogens is 2. The molecule has 6 nitrogen and oxygen atoms in total. The van der Waals surface area contributed by atoms with Gasteiger partial charge in [-0.1, -0.05) is 30.3 Å². The van der Waals surface area contributed by atoms with Crippen LogP contribution in [0.2, 0.25) is 0 Å². The van der Waals surface area contributed by atoms with Crippen LogP contribution in [-0.4, -0.2) is 34.4 Å². The molecule has 1 aromatic carbocycles. The van der Waals surface area contributed by atoms with Gasteiger partial charge in [0, 0.05) is 25.0 Å². The standard InChI is InChI=1S/C19H22N4O2/c1-22(11-14-6-4-3-5-7-14)13-17-16(10-19(24)25-2)21-18-9-8-15(20)12-23(17)18/h3-9,12H,10-11,13,20H2,1-2H3. The molecule has 3 rings (SSSR count). The lowest BCUT2D eigenvalue weighted by Gasteiger charge is -2.17. The molecule has 2 aromatic heterocycles. The zero-order chi connectivity index (χ0) is 17.8. The SMILES string of the molecule is COC(=O)Cc1nc2ccc(N)cn2c1CN(C)Cc1ccccc1. The number of nitrogens with zero attached hydrogens (tertiary/aromatic N) is 3. The fraction of sp³-hybridized carbons (Fsp3) is 0.263. The van der Waals surface area contributed by atoms with Gasteiger partial charge in [0.15, 0.2) is 0 Å². The maximum absolute atomic E-state index is 11.7. The average molecular weight is 338 g/mol. The number of fused-ring (bicyclic) bond motifs is 1. The molecule has 0 unspecified atom stereocenters. The molecule has 0 aliphatic rings. The van der Waals surface area contributed by atoms with E-state index in [0.29, 0.717) is 12.2 Å². The maximum Gasteiger partial charge on any atom is 0.311 e. The van der Waals surface area contributed by atoms with E-state index in [2.05, 4.69) is 22.0 Å². The molecule has 0 radical (unpaired) electrons. The largest absolute Gasteiger partial charge is 0.469 e. The van der Waals surface area contributed by atoms with Gasteiger partial charge in [0.25, 0.3) is 0 Å². The Morgan fingerprint density at radius 1 is 1.20 bits per heavy atom. The highest BCUT2D eigenvalue weighted by Gasteiger charge is 2.17. The van der Waals surface area contributed by atoms with Crippen LogP contribution in [0.3, 0.4) is 0 Å². The third-order valence-electron chi connectivity index (χ3n) is 4.08. The van der Waals surface area contributed by atoms with Crippen LogP contribution in [0.1, 0.15) is 17.0 Å². The lowest BCUT2D eigenvalue weighted by atomic mass is 10.2. The number of methoxy groups -OCH3 is 1. The number of benzene rings is 1. The molecule has 2 heterocycles. The van der Waals surface area contributed by atoms with Crippen LogP contribution in [0, 0.1) is 0 Å². The summed E-state index contributed by atoms with van der Waals surface area (Å²) in [6.45, 7) is 1.44. The van der Waals surface area contributed by atoms with Crippen molar-refractivity contribution >= 4 is 17.3 Å². The number of hydrogen-bond acceptors (Lipinski definition) is 5. The first-order chi connectivity index (χ1) is 12.1. The van der Waals surface area contributed by atoms with Gasteiger partial charge in [-0.2, -0.15) is 0 Å². The van der Waals surface area contributed by atoms with Gasteiger partial charge in [-0.05, 0) is 24.7 Å². The Morgan fingerprint density at radius 2 is 1.96 bits per heavy atom. The summed E-state index contributed by atoms with van der Waals surface area (Å²) in [4.78, 5) is 18.5. The van der Waals surface area contributed by atoms with Crippen molar-refractivity contribution in [2.24, 2.45) is 0 Å². The summed E-state index contributed by atoms with van der Waals surface area (Å²) in [6.07, 6.45) is 1.99. The highest BCUT2D eigenvalue weighted by molar-refractivity contribution is 5.72. The van der Waals surface area contributed by atoms with Gasteiger partial charge in [0.05, 0.1) is 24.9 Å². The first-order valence-electron chi connectivity index (χ1n) is 8.11. The van der Waals surface area contributed by atoms with E-state index in [1.807, 2.05) is 48.0 Å². The maximum atomic E-state index is 11.7. The van der Waals surface area contributed by atoms with Gasteiger partial charge in [-0.15, -0.1) is 0 Å². The summed E-state index contributed by atoms with van der Waals surface area (Å²) >= 11 is 0. The van der Waals surface area contributed by atoms with Crippen LogP contribution in [0.15, 0.2) is 48.7 Å². The zero-order valence-corrected chi connectivity index (χ0v) is 14.5. The molecule has 3 aromatic rings. The van der Waals surface area contributed by atoms with E-state index in [0.717, 1.165) is 23.6 Å². The van der Waals surface area contributed by atoms with Crippen LogP contribution in [0.5, 0.6) is 0 Å². The third kappa shape index (κ3) is 3.97. The first kappa shape index (κ1) is 17.0. The molecule has 0 aliphatic carbocycles. The number of rotatable bonds is 6. The van der Waals surface area contributed by atoms with Gasteiger partial charge in [0.2, 0.25) is 0 Å². The van der Waals surface area contributed by atoms with Crippen LogP contribution >= 0.6 is 0 Å². The summed E-state index contributed by atoms with van der Waals surface area (Å²) in [5.41, 5.74) is 10.3. The van der Waals surface area contributed by atoms with Crippen molar-refractivity contribution in [1.82, 2.24) is 14.3 Å². The van der Waals surface area contributed by atoms with E-state index in [9.17, 15) is 4.79 Å². The Hall–Kier alpha value is -2.86. The van der Waals surface area contributed by atoms with Gasteiger partial charge in [-0.25, -0.2) is 4.98 Å². The van der Waals surface area contributed by atoms with E-state index >= 15 is 0 Å². The minimum absolute atomic E-state index is 0.145. The molecule has 0 fully saturated rings. The van der Waals surface area contributed by atoms with Crippen molar-refractivity contribution in [2.75, 3.05) is 19.9 Å². The number of hydrogen-bond donors (Lipinski definition) is 1. The molecule has 2 N–H and O–H groups in total. The van der Waals surface area contributed by atoms with Gasteiger partial charge in [0.1, 0.15) is 5.65 Å². The summed E-state index contributed by atoms with van der Waals surface area (Å²) < 4.78 is 6.76. The first-order valence-corrected chi connectivity index (χ1v) is 8.11. The number of ether oxygens (including phenoxy) is 1. The molecule has 130 valence electrons. The molecule has 25 heavy (non-hydrogen) atoms. The molecule has 0 aliphatic heterocycles. The molecule has 6 heteroatoms. The van der Waals surface area contributed by atoms with Crippen LogP contribution in [-0.2, 0) is 29.0 Å².